The average Bonchev–Trinajstić information content (AvgIpc) is 3.30. The smallest absolute Gasteiger partial charge is 0.314 e. The van der Waals surface area contributed by atoms with E-state index in [1.165, 1.54) is 26.4 Å². The fourth-order valence-electron chi connectivity index (χ4n) is 4.48. The minimum absolute atomic E-state index is 0.0197. The highest BCUT2D eigenvalue weighted by atomic mass is 32.2. The molecule has 1 aliphatic rings. The SMILES string of the molecule is CCNC(=O)N[C@H]1CC[C@H](Nc2cc(Nc3ccc(S(=O)(=O)N(C)C)nc3)n3ncc(C(C)C)c3n2)CC1. The van der Waals surface area contributed by atoms with Gasteiger partial charge >= 0.3 is 6.03 Å². The Kier molecular flexibility index (Phi) is 8.36. The summed E-state index contributed by atoms with van der Waals surface area (Å²) in [6.07, 6.45) is 6.92. The van der Waals surface area contributed by atoms with Crippen LogP contribution in [-0.4, -0.2) is 71.1 Å². The van der Waals surface area contributed by atoms with E-state index >= 15 is 0 Å². The molecule has 38 heavy (non-hydrogen) atoms. The van der Waals surface area contributed by atoms with Gasteiger partial charge in [0.25, 0.3) is 10.0 Å². The van der Waals surface area contributed by atoms with E-state index in [0.29, 0.717) is 18.1 Å². The van der Waals surface area contributed by atoms with Crippen molar-refractivity contribution in [3.63, 3.8) is 0 Å². The molecule has 12 nitrogen and oxygen atoms in total. The van der Waals surface area contributed by atoms with Crippen LogP contribution in [0.15, 0.2) is 35.6 Å². The van der Waals surface area contributed by atoms with Crippen LogP contribution in [0.25, 0.3) is 5.65 Å². The lowest BCUT2D eigenvalue weighted by Crippen LogP contribution is -2.44. The van der Waals surface area contributed by atoms with Gasteiger partial charge in [0, 0.05) is 44.4 Å². The molecule has 0 aliphatic heterocycles. The number of amides is 2. The van der Waals surface area contributed by atoms with Crippen molar-refractivity contribution < 1.29 is 13.2 Å². The number of carbonyl (C=O) groups excluding carboxylic acids is 1. The van der Waals surface area contributed by atoms with Crippen molar-refractivity contribution in [1.29, 1.82) is 0 Å². The van der Waals surface area contributed by atoms with E-state index in [0.717, 1.165) is 47.0 Å². The monoisotopic (exact) mass is 543 g/mol. The number of fused-ring (bicyclic) bond motifs is 1. The van der Waals surface area contributed by atoms with Gasteiger partial charge in [-0.2, -0.15) is 9.61 Å². The van der Waals surface area contributed by atoms with Gasteiger partial charge in [0.1, 0.15) is 11.6 Å². The number of anilines is 3. The Morgan fingerprint density at radius 1 is 1.13 bits per heavy atom. The zero-order valence-electron chi connectivity index (χ0n) is 22.5. The lowest BCUT2D eigenvalue weighted by Gasteiger charge is -2.30. The van der Waals surface area contributed by atoms with Crippen LogP contribution in [0.2, 0.25) is 0 Å². The number of aromatic nitrogens is 4. The predicted molar refractivity (Wildman–Crippen MR) is 147 cm³/mol. The molecule has 4 rings (SSSR count). The molecule has 13 heteroatoms. The van der Waals surface area contributed by atoms with Gasteiger partial charge in [0.15, 0.2) is 10.7 Å². The van der Waals surface area contributed by atoms with Crippen molar-refractivity contribution in [3.05, 3.63) is 36.2 Å². The predicted octanol–water partition coefficient (Wildman–Crippen LogP) is 3.28. The third-order valence-electron chi connectivity index (χ3n) is 6.63. The zero-order valence-corrected chi connectivity index (χ0v) is 23.3. The van der Waals surface area contributed by atoms with Crippen molar-refractivity contribution in [2.75, 3.05) is 31.3 Å². The summed E-state index contributed by atoms with van der Waals surface area (Å²) in [4.78, 5) is 20.9. The molecule has 3 aromatic heterocycles. The second-order valence-corrected chi connectivity index (χ2v) is 12.1. The number of nitrogens with one attached hydrogen (secondary N) is 4. The number of hydrogen-bond acceptors (Lipinski definition) is 8. The van der Waals surface area contributed by atoms with Crippen LogP contribution in [-0.2, 0) is 10.0 Å². The maximum absolute atomic E-state index is 12.4. The maximum Gasteiger partial charge on any atom is 0.314 e. The van der Waals surface area contributed by atoms with Gasteiger partial charge in [-0.05, 0) is 50.7 Å². The van der Waals surface area contributed by atoms with Crippen LogP contribution < -0.4 is 21.3 Å². The summed E-state index contributed by atoms with van der Waals surface area (Å²) in [5.74, 6) is 1.64. The summed E-state index contributed by atoms with van der Waals surface area (Å²) in [5.41, 5.74) is 2.40. The van der Waals surface area contributed by atoms with E-state index in [4.69, 9.17) is 4.98 Å². The molecular formula is C25H37N9O3S. The first-order valence-corrected chi connectivity index (χ1v) is 14.4. The maximum atomic E-state index is 12.4. The van der Waals surface area contributed by atoms with Gasteiger partial charge in [-0.3, -0.25) is 0 Å². The standard InChI is InChI=1S/C25H37N9O3S/c1-6-26-25(35)31-18-9-7-17(8-10-18)29-21-13-22(34-24(32-21)20(15-28-34)16(2)3)30-19-11-12-23(27-14-19)38(36,37)33(4)5/h11-18,30H,6-10H2,1-5H3,(H,29,32)(H2,26,31,35)/t17-,18-. The number of nitrogens with zero attached hydrogens (tertiary/aromatic N) is 5. The molecule has 3 aromatic rings. The highest BCUT2D eigenvalue weighted by Gasteiger charge is 2.24. The molecule has 3 heterocycles. The highest BCUT2D eigenvalue weighted by molar-refractivity contribution is 7.89. The third kappa shape index (κ3) is 6.16. The summed E-state index contributed by atoms with van der Waals surface area (Å²) in [6.45, 7) is 6.71. The molecule has 206 valence electrons. The lowest BCUT2D eigenvalue weighted by molar-refractivity contribution is 0.232. The second-order valence-electron chi connectivity index (χ2n) is 10.0. The van der Waals surface area contributed by atoms with Gasteiger partial charge in [-0.15, -0.1) is 0 Å². The zero-order chi connectivity index (χ0) is 27.4. The fraction of sp³-hybridized carbons (Fsp3) is 0.520. The Hall–Kier alpha value is -3.45. The molecule has 2 amide bonds. The van der Waals surface area contributed by atoms with Gasteiger partial charge < -0.3 is 21.3 Å². The number of hydrogen-bond donors (Lipinski definition) is 4. The normalized spacial score (nSPS) is 18.1. The summed E-state index contributed by atoms with van der Waals surface area (Å²) in [5, 5.41) is 17.3. The summed E-state index contributed by atoms with van der Waals surface area (Å²) in [7, 11) is -0.666. The van der Waals surface area contributed by atoms with E-state index in [9.17, 15) is 13.2 Å². The number of rotatable bonds is 9. The molecule has 4 N–H and O–H groups in total. The first-order chi connectivity index (χ1) is 18.1. The van der Waals surface area contributed by atoms with Crippen LogP contribution >= 0.6 is 0 Å². The van der Waals surface area contributed by atoms with E-state index in [1.807, 2.05) is 19.2 Å². The molecule has 1 saturated carbocycles. The van der Waals surface area contributed by atoms with E-state index in [2.05, 4.69) is 45.2 Å². The summed E-state index contributed by atoms with van der Waals surface area (Å²) < 4.78 is 27.6. The Balaban J connectivity index is 1.54. The van der Waals surface area contributed by atoms with Gasteiger partial charge in [-0.1, -0.05) is 13.8 Å². The van der Waals surface area contributed by atoms with Crippen molar-refractivity contribution in [2.45, 2.75) is 69.5 Å². The lowest BCUT2D eigenvalue weighted by atomic mass is 9.91. The van der Waals surface area contributed by atoms with Crippen LogP contribution in [0.4, 0.5) is 22.1 Å². The molecule has 0 aromatic carbocycles. The minimum Gasteiger partial charge on any atom is -0.367 e. The molecule has 0 bridgehead atoms. The Morgan fingerprint density at radius 2 is 1.84 bits per heavy atom. The number of urea groups is 1. The van der Waals surface area contributed by atoms with Crippen molar-refractivity contribution in [1.82, 2.24) is 34.5 Å². The highest BCUT2D eigenvalue weighted by Crippen LogP contribution is 2.28. The number of sulfonamides is 1. The summed E-state index contributed by atoms with van der Waals surface area (Å²) in [6, 6.07) is 5.33. The quantitative estimate of drug-likeness (QED) is 0.322. The number of carbonyl (C=O) groups is 1. The Labute approximate surface area is 223 Å². The van der Waals surface area contributed by atoms with Crippen LogP contribution in [0.1, 0.15) is 57.9 Å². The van der Waals surface area contributed by atoms with Gasteiger partial charge in [0.05, 0.1) is 18.1 Å². The molecule has 0 unspecified atom stereocenters. The van der Waals surface area contributed by atoms with E-state index in [-0.39, 0.29) is 29.1 Å². The van der Waals surface area contributed by atoms with Crippen LogP contribution in [0.3, 0.4) is 0 Å². The average molecular weight is 544 g/mol. The minimum atomic E-state index is -3.61. The fourth-order valence-corrected chi connectivity index (χ4v) is 5.28. The molecule has 0 atom stereocenters. The Bertz CT molecular complexity index is 1360. The van der Waals surface area contributed by atoms with E-state index < -0.39 is 10.0 Å². The Morgan fingerprint density at radius 3 is 2.45 bits per heavy atom. The van der Waals surface area contributed by atoms with Gasteiger partial charge in [-0.25, -0.2) is 27.5 Å². The van der Waals surface area contributed by atoms with Crippen LogP contribution in [0, 0.1) is 0 Å². The number of pyridine rings is 1. The van der Waals surface area contributed by atoms with Crippen molar-refractivity contribution in [3.8, 4) is 0 Å². The summed E-state index contributed by atoms with van der Waals surface area (Å²) >= 11 is 0. The molecular weight excluding hydrogens is 506 g/mol. The molecule has 0 spiro atoms. The van der Waals surface area contributed by atoms with Crippen LogP contribution in [0.5, 0.6) is 0 Å². The molecule has 0 saturated heterocycles. The molecule has 1 aliphatic carbocycles. The van der Waals surface area contributed by atoms with E-state index in [1.54, 1.807) is 10.6 Å². The topological polar surface area (TPSA) is 146 Å². The largest absolute Gasteiger partial charge is 0.367 e. The van der Waals surface area contributed by atoms with Gasteiger partial charge in [0.2, 0.25) is 0 Å². The first-order valence-electron chi connectivity index (χ1n) is 12.9. The van der Waals surface area contributed by atoms with Crippen molar-refractivity contribution >= 4 is 39.0 Å². The first kappa shape index (κ1) is 27.6. The third-order valence-corrected chi connectivity index (χ3v) is 8.36. The molecule has 0 radical (unpaired) electrons. The van der Waals surface area contributed by atoms with Crippen molar-refractivity contribution in [2.24, 2.45) is 0 Å². The second kappa shape index (κ2) is 11.5. The molecule has 1 fully saturated rings.